The fraction of sp³-hybridized carbons (Fsp3) is 0.875. The highest BCUT2D eigenvalue weighted by atomic mass is 16.3. The Morgan fingerprint density at radius 1 is 0.857 bits per heavy atom. The summed E-state index contributed by atoms with van der Waals surface area (Å²) in [4.78, 5) is 0. The third kappa shape index (κ3) is 5.15. The number of fused-ring (bicyclic) bond motifs is 7. The summed E-state index contributed by atoms with van der Waals surface area (Å²) >= 11 is 0. The molecule has 0 aromatic carbocycles. The van der Waals surface area contributed by atoms with Crippen LogP contribution in [-0.2, 0) is 0 Å². The van der Waals surface area contributed by atoms with E-state index in [0.29, 0.717) is 34.8 Å². The molecule has 5 aliphatic carbocycles. The molecule has 0 radical (unpaired) electrons. The standard InChI is InChI=1S/C25H43NO.C3H6O.C2H6.C2H2/c1-16-18-8-12-24(3)19-9-14-25(15-27)11-4-5-20(25)17(19)6-7-22(24)23(18,2)13-10-21(16)26;1-2-3-4;2*1-2/h16-22,27H,4-15,26H2,1-3H3;2,4H,1,3H2;1-2H3;1-2H. The molecule has 0 amide bonds. The SMILES string of the molecule is C#C.C=CCO.CC.CC1C(N)CCC2(C)C1CCC1(C)C3CCC4(CO)CCCC4C3CCC21. The zero-order chi connectivity index (χ0) is 26.4. The lowest BCUT2D eigenvalue weighted by Gasteiger charge is -2.67. The largest absolute Gasteiger partial charge is 0.396 e. The van der Waals surface area contributed by atoms with Gasteiger partial charge in [-0.2, -0.15) is 0 Å². The Labute approximate surface area is 217 Å². The van der Waals surface area contributed by atoms with Gasteiger partial charge >= 0.3 is 0 Å². The Morgan fingerprint density at radius 3 is 2.03 bits per heavy atom. The van der Waals surface area contributed by atoms with Crippen molar-refractivity contribution in [3.8, 4) is 12.8 Å². The number of hydrogen-bond donors (Lipinski definition) is 3. The molecular weight excluding hydrogens is 430 g/mol. The van der Waals surface area contributed by atoms with Crippen molar-refractivity contribution in [1.82, 2.24) is 0 Å². The first-order valence-corrected chi connectivity index (χ1v) is 14.7. The van der Waals surface area contributed by atoms with E-state index in [9.17, 15) is 5.11 Å². The maximum absolute atomic E-state index is 10.3. The number of hydrogen-bond acceptors (Lipinski definition) is 3. The molecule has 5 aliphatic rings. The van der Waals surface area contributed by atoms with Gasteiger partial charge in [0.15, 0.2) is 0 Å². The molecule has 10 atom stereocenters. The minimum absolute atomic E-state index is 0.0833. The summed E-state index contributed by atoms with van der Waals surface area (Å²) in [6.45, 7) is 15.6. The first-order chi connectivity index (χ1) is 16.8. The number of rotatable bonds is 2. The molecule has 0 aliphatic heterocycles. The molecule has 202 valence electrons. The Morgan fingerprint density at radius 2 is 1.43 bits per heavy atom. The van der Waals surface area contributed by atoms with E-state index < -0.39 is 0 Å². The predicted molar refractivity (Wildman–Crippen MR) is 150 cm³/mol. The van der Waals surface area contributed by atoms with Gasteiger partial charge in [0.2, 0.25) is 0 Å². The molecule has 0 heterocycles. The second kappa shape index (κ2) is 12.6. The van der Waals surface area contributed by atoms with Gasteiger partial charge < -0.3 is 15.9 Å². The Bertz CT molecular complexity index is 690. The van der Waals surface area contributed by atoms with Crippen LogP contribution in [0.25, 0.3) is 0 Å². The lowest BCUT2D eigenvalue weighted by Crippen LogP contribution is -2.61. The zero-order valence-corrected chi connectivity index (χ0v) is 23.6. The molecule has 3 heteroatoms. The lowest BCUT2D eigenvalue weighted by molar-refractivity contribution is -0.187. The summed E-state index contributed by atoms with van der Waals surface area (Å²) < 4.78 is 0. The highest BCUT2D eigenvalue weighted by molar-refractivity contribution is 5.13. The van der Waals surface area contributed by atoms with Crippen LogP contribution < -0.4 is 5.73 Å². The zero-order valence-electron chi connectivity index (χ0n) is 23.6. The smallest absolute Gasteiger partial charge is 0.0609 e. The van der Waals surface area contributed by atoms with Crippen LogP contribution in [-0.4, -0.2) is 29.5 Å². The van der Waals surface area contributed by atoms with Crippen molar-refractivity contribution in [2.75, 3.05) is 13.2 Å². The van der Waals surface area contributed by atoms with Crippen molar-refractivity contribution < 1.29 is 10.2 Å². The van der Waals surface area contributed by atoms with Crippen molar-refractivity contribution in [2.45, 2.75) is 111 Å². The molecule has 0 bridgehead atoms. The van der Waals surface area contributed by atoms with E-state index in [0.717, 1.165) is 29.6 Å². The van der Waals surface area contributed by atoms with Crippen LogP contribution in [0.3, 0.4) is 0 Å². The van der Waals surface area contributed by atoms with E-state index in [1.807, 2.05) is 13.8 Å². The second-order valence-electron chi connectivity index (χ2n) is 12.6. The molecule has 0 aromatic rings. The monoisotopic (exact) mass is 487 g/mol. The van der Waals surface area contributed by atoms with Crippen molar-refractivity contribution in [2.24, 2.45) is 57.5 Å². The molecule has 0 spiro atoms. The van der Waals surface area contributed by atoms with E-state index in [-0.39, 0.29) is 6.61 Å². The van der Waals surface area contributed by atoms with Crippen molar-refractivity contribution in [1.29, 1.82) is 0 Å². The van der Waals surface area contributed by atoms with Crippen LogP contribution >= 0.6 is 0 Å². The van der Waals surface area contributed by atoms with E-state index >= 15 is 0 Å². The summed E-state index contributed by atoms with van der Waals surface area (Å²) in [6, 6.07) is 0.433. The Kier molecular flexibility index (Phi) is 11.0. The molecular formula is C32H57NO2. The van der Waals surface area contributed by atoms with Gasteiger partial charge in [-0.15, -0.1) is 19.4 Å². The highest BCUT2D eigenvalue weighted by Gasteiger charge is 2.64. The molecule has 10 unspecified atom stereocenters. The molecule has 4 N–H and O–H groups in total. The van der Waals surface area contributed by atoms with E-state index in [2.05, 4.69) is 40.2 Å². The van der Waals surface area contributed by atoms with Gasteiger partial charge in [0.25, 0.3) is 0 Å². The predicted octanol–water partition coefficient (Wildman–Crippen LogP) is 6.82. The van der Waals surface area contributed by atoms with Gasteiger partial charge in [-0.25, -0.2) is 0 Å². The van der Waals surface area contributed by atoms with Crippen LogP contribution in [0.1, 0.15) is 105 Å². The fourth-order valence-corrected chi connectivity index (χ4v) is 10.3. The first kappa shape index (κ1) is 30.4. The van der Waals surface area contributed by atoms with Crippen molar-refractivity contribution in [3.63, 3.8) is 0 Å². The fourth-order valence-electron chi connectivity index (χ4n) is 10.3. The van der Waals surface area contributed by atoms with Crippen molar-refractivity contribution >= 4 is 0 Å². The highest BCUT2D eigenvalue weighted by Crippen LogP contribution is 2.71. The third-order valence-corrected chi connectivity index (χ3v) is 11.8. The normalized spacial score (nSPS) is 47.3. The Balaban J connectivity index is 0.000000484. The lowest BCUT2D eigenvalue weighted by atomic mass is 9.37. The number of nitrogens with two attached hydrogens (primary N) is 1. The van der Waals surface area contributed by atoms with Gasteiger partial charge in [0, 0.05) is 12.6 Å². The Hall–Kier alpha value is -0.820. The van der Waals surface area contributed by atoms with E-state index in [1.54, 1.807) is 0 Å². The van der Waals surface area contributed by atoms with E-state index in [1.165, 1.54) is 76.7 Å². The average Bonchev–Trinajstić information content (AvgIpc) is 3.34. The first-order valence-electron chi connectivity index (χ1n) is 14.7. The quantitative estimate of drug-likeness (QED) is 0.296. The van der Waals surface area contributed by atoms with Gasteiger partial charge in [-0.3, -0.25) is 0 Å². The molecule has 35 heavy (non-hydrogen) atoms. The van der Waals surface area contributed by atoms with Gasteiger partial charge in [0.05, 0.1) is 6.61 Å². The van der Waals surface area contributed by atoms with Gasteiger partial charge in [-0.05, 0) is 116 Å². The van der Waals surface area contributed by atoms with Crippen LogP contribution in [0.2, 0.25) is 0 Å². The number of terminal acetylenes is 1. The minimum Gasteiger partial charge on any atom is -0.396 e. The van der Waals surface area contributed by atoms with Crippen LogP contribution in [0.15, 0.2) is 12.7 Å². The molecule has 5 fully saturated rings. The molecule has 0 aromatic heterocycles. The third-order valence-electron chi connectivity index (χ3n) is 11.8. The molecule has 0 saturated heterocycles. The van der Waals surface area contributed by atoms with E-state index in [4.69, 9.17) is 10.8 Å². The summed E-state index contributed by atoms with van der Waals surface area (Å²) in [7, 11) is 0. The van der Waals surface area contributed by atoms with Crippen molar-refractivity contribution in [3.05, 3.63) is 12.7 Å². The van der Waals surface area contributed by atoms with Crippen LogP contribution in [0.5, 0.6) is 0 Å². The molecule has 5 saturated carbocycles. The maximum Gasteiger partial charge on any atom is 0.0609 e. The number of aliphatic hydroxyl groups excluding tert-OH is 2. The van der Waals surface area contributed by atoms with Gasteiger partial charge in [0.1, 0.15) is 0 Å². The minimum atomic E-state index is 0.0833. The number of aliphatic hydroxyl groups is 2. The van der Waals surface area contributed by atoms with Crippen LogP contribution in [0, 0.1) is 64.6 Å². The van der Waals surface area contributed by atoms with Gasteiger partial charge in [-0.1, -0.05) is 47.1 Å². The topological polar surface area (TPSA) is 66.5 Å². The summed E-state index contributed by atoms with van der Waals surface area (Å²) in [5, 5.41) is 18.0. The average molecular weight is 488 g/mol. The molecule has 3 nitrogen and oxygen atoms in total. The summed E-state index contributed by atoms with van der Waals surface area (Å²) in [5.41, 5.74) is 7.88. The summed E-state index contributed by atoms with van der Waals surface area (Å²) in [6.07, 6.45) is 24.5. The second-order valence-corrected chi connectivity index (χ2v) is 12.6. The molecule has 5 rings (SSSR count). The van der Waals surface area contributed by atoms with Crippen LogP contribution in [0.4, 0.5) is 0 Å². The maximum atomic E-state index is 10.3. The summed E-state index contributed by atoms with van der Waals surface area (Å²) in [5.74, 6) is 5.10.